The smallest absolute Gasteiger partial charge is 0.263 e. The van der Waals surface area contributed by atoms with Gasteiger partial charge in [-0.25, -0.2) is 14.4 Å². The lowest BCUT2D eigenvalue weighted by atomic mass is 9.90. The van der Waals surface area contributed by atoms with E-state index in [1.54, 1.807) is 24.4 Å². The minimum atomic E-state index is -0.359. The standard InChI is InChI=1S/C21H16FN5O/c22-18-8-13(14-3-5-15-10-25-26-19(15)9-14)4-6-16(18)11-27-12-24-20-17(21(27)28)2-1-7-23-20/h1-10,12,15,19,26H,11H2. The molecule has 1 aromatic carbocycles. The Balaban J connectivity index is 1.44. The van der Waals surface area contributed by atoms with E-state index in [0.29, 0.717) is 16.6 Å². The zero-order valence-corrected chi connectivity index (χ0v) is 14.8. The molecule has 138 valence electrons. The molecule has 0 bridgehead atoms. The fourth-order valence-corrected chi connectivity index (χ4v) is 3.52. The first-order valence-electron chi connectivity index (χ1n) is 8.97. The van der Waals surface area contributed by atoms with Crippen molar-refractivity contribution in [2.45, 2.75) is 12.6 Å². The van der Waals surface area contributed by atoms with Crippen molar-refractivity contribution in [3.8, 4) is 0 Å². The van der Waals surface area contributed by atoms with Gasteiger partial charge in [0, 0.05) is 23.9 Å². The highest BCUT2D eigenvalue weighted by Gasteiger charge is 2.23. The zero-order valence-electron chi connectivity index (χ0n) is 14.8. The Bertz CT molecular complexity index is 1230. The van der Waals surface area contributed by atoms with Crippen LogP contribution in [0.3, 0.4) is 0 Å². The first-order chi connectivity index (χ1) is 13.7. The number of nitrogens with zero attached hydrogens (tertiary/aromatic N) is 4. The molecule has 5 rings (SSSR count). The Hall–Kier alpha value is -3.61. The molecular formula is C21H16FN5O. The minimum absolute atomic E-state index is 0.109. The molecule has 28 heavy (non-hydrogen) atoms. The van der Waals surface area contributed by atoms with E-state index >= 15 is 0 Å². The maximum atomic E-state index is 14.8. The summed E-state index contributed by atoms with van der Waals surface area (Å²) in [6, 6.07) is 8.55. The van der Waals surface area contributed by atoms with Gasteiger partial charge in [0.15, 0.2) is 5.65 Å². The number of hydrazone groups is 1. The third-order valence-corrected chi connectivity index (χ3v) is 5.07. The Morgan fingerprint density at radius 2 is 2.14 bits per heavy atom. The average Bonchev–Trinajstić information content (AvgIpc) is 3.19. The van der Waals surface area contributed by atoms with E-state index in [-0.39, 0.29) is 29.9 Å². The van der Waals surface area contributed by atoms with E-state index in [4.69, 9.17) is 0 Å². The molecule has 7 heteroatoms. The second-order valence-corrected chi connectivity index (χ2v) is 6.85. The van der Waals surface area contributed by atoms with E-state index < -0.39 is 0 Å². The van der Waals surface area contributed by atoms with Gasteiger partial charge in [0.05, 0.1) is 18.0 Å². The molecule has 0 saturated heterocycles. The molecule has 3 aromatic rings. The number of allylic oxidation sites excluding steroid dienone is 2. The molecule has 0 saturated carbocycles. The maximum absolute atomic E-state index is 14.8. The molecule has 3 heterocycles. The summed E-state index contributed by atoms with van der Waals surface area (Å²) in [4.78, 5) is 20.8. The van der Waals surface area contributed by atoms with Crippen LogP contribution in [0.1, 0.15) is 11.1 Å². The van der Waals surface area contributed by atoms with Gasteiger partial charge >= 0.3 is 0 Å². The third kappa shape index (κ3) is 2.81. The molecule has 0 spiro atoms. The van der Waals surface area contributed by atoms with Gasteiger partial charge in [-0.05, 0) is 29.3 Å². The fourth-order valence-electron chi connectivity index (χ4n) is 3.52. The molecule has 2 atom stereocenters. The van der Waals surface area contributed by atoms with Crippen LogP contribution in [0, 0.1) is 11.7 Å². The first-order valence-corrected chi connectivity index (χ1v) is 8.97. The summed E-state index contributed by atoms with van der Waals surface area (Å²) in [6.07, 6.45) is 11.0. The van der Waals surface area contributed by atoms with Crippen molar-refractivity contribution >= 4 is 22.8 Å². The van der Waals surface area contributed by atoms with Crippen molar-refractivity contribution < 1.29 is 4.39 Å². The molecule has 2 aromatic heterocycles. The summed E-state index contributed by atoms with van der Waals surface area (Å²) in [5, 5.41) is 4.49. The number of fused-ring (bicyclic) bond motifs is 2. The van der Waals surface area contributed by atoms with Crippen molar-refractivity contribution in [1.29, 1.82) is 0 Å². The maximum Gasteiger partial charge on any atom is 0.263 e. The number of pyridine rings is 1. The number of aromatic nitrogens is 3. The Kier molecular flexibility index (Phi) is 3.86. The fraction of sp³-hybridized carbons (Fsp3) is 0.143. The second-order valence-electron chi connectivity index (χ2n) is 6.85. The molecule has 2 aliphatic rings. The van der Waals surface area contributed by atoms with Crippen LogP contribution in [0.4, 0.5) is 4.39 Å². The summed E-state index contributed by atoms with van der Waals surface area (Å²) < 4.78 is 16.2. The predicted molar refractivity (Wildman–Crippen MR) is 105 cm³/mol. The highest BCUT2D eigenvalue weighted by atomic mass is 19.1. The summed E-state index contributed by atoms with van der Waals surface area (Å²) in [5.41, 5.74) is 5.35. The van der Waals surface area contributed by atoms with E-state index in [9.17, 15) is 9.18 Å². The van der Waals surface area contributed by atoms with Crippen LogP contribution in [0.25, 0.3) is 16.6 Å². The molecule has 0 fully saturated rings. The van der Waals surface area contributed by atoms with Crippen molar-refractivity contribution in [1.82, 2.24) is 20.0 Å². The highest BCUT2D eigenvalue weighted by Crippen LogP contribution is 2.27. The van der Waals surface area contributed by atoms with Crippen molar-refractivity contribution in [3.63, 3.8) is 0 Å². The van der Waals surface area contributed by atoms with Crippen LogP contribution < -0.4 is 11.0 Å². The average molecular weight is 373 g/mol. The molecule has 0 amide bonds. The summed E-state index contributed by atoms with van der Waals surface area (Å²) in [5.74, 6) is -0.114. The number of benzene rings is 1. The van der Waals surface area contributed by atoms with Crippen LogP contribution in [0.5, 0.6) is 0 Å². The topological polar surface area (TPSA) is 72.2 Å². The third-order valence-electron chi connectivity index (χ3n) is 5.07. The van der Waals surface area contributed by atoms with E-state index in [2.05, 4.69) is 32.6 Å². The van der Waals surface area contributed by atoms with Gasteiger partial charge < -0.3 is 5.43 Å². The van der Waals surface area contributed by atoms with Crippen molar-refractivity contribution in [2.75, 3.05) is 0 Å². The largest absolute Gasteiger partial charge is 0.302 e. The van der Waals surface area contributed by atoms with Crippen molar-refractivity contribution in [3.05, 3.63) is 88.4 Å². The Labute approximate surface area is 159 Å². The van der Waals surface area contributed by atoms with Gasteiger partial charge in [-0.1, -0.05) is 30.4 Å². The molecule has 1 aliphatic heterocycles. The van der Waals surface area contributed by atoms with E-state index in [1.807, 2.05) is 18.4 Å². The zero-order chi connectivity index (χ0) is 19.1. The van der Waals surface area contributed by atoms with Crippen LogP contribution >= 0.6 is 0 Å². The highest BCUT2D eigenvalue weighted by molar-refractivity contribution is 5.80. The Morgan fingerprint density at radius 1 is 1.21 bits per heavy atom. The van der Waals surface area contributed by atoms with Gasteiger partial charge in [0.2, 0.25) is 0 Å². The second kappa shape index (κ2) is 6.53. The van der Waals surface area contributed by atoms with Crippen LogP contribution in [0.2, 0.25) is 0 Å². The molecule has 1 N–H and O–H groups in total. The monoisotopic (exact) mass is 373 g/mol. The lowest BCUT2D eigenvalue weighted by molar-refractivity contribution is 0.594. The SMILES string of the molecule is O=c1c2cccnc2ncn1Cc1ccc(C2=CC3NN=CC3C=C2)cc1F. The van der Waals surface area contributed by atoms with E-state index in [0.717, 1.165) is 11.1 Å². The summed E-state index contributed by atoms with van der Waals surface area (Å²) in [7, 11) is 0. The van der Waals surface area contributed by atoms with Crippen LogP contribution in [-0.4, -0.2) is 26.8 Å². The van der Waals surface area contributed by atoms with Crippen LogP contribution in [0.15, 0.2) is 71.0 Å². The normalized spacial score (nSPS) is 20.1. The molecular weight excluding hydrogens is 357 g/mol. The molecule has 0 radical (unpaired) electrons. The predicted octanol–water partition coefficient (Wildman–Crippen LogP) is 2.51. The van der Waals surface area contributed by atoms with Crippen molar-refractivity contribution in [2.24, 2.45) is 11.0 Å². The van der Waals surface area contributed by atoms with Gasteiger partial charge in [-0.15, -0.1) is 0 Å². The molecule has 6 nitrogen and oxygen atoms in total. The number of hydrogen-bond donors (Lipinski definition) is 1. The van der Waals surface area contributed by atoms with Gasteiger partial charge in [0.1, 0.15) is 12.1 Å². The lowest BCUT2D eigenvalue weighted by Crippen LogP contribution is -2.25. The summed E-state index contributed by atoms with van der Waals surface area (Å²) in [6.45, 7) is 0.109. The molecule has 2 unspecified atom stereocenters. The number of halogens is 1. The first kappa shape index (κ1) is 16.6. The van der Waals surface area contributed by atoms with Crippen LogP contribution in [-0.2, 0) is 6.54 Å². The van der Waals surface area contributed by atoms with Gasteiger partial charge in [-0.3, -0.25) is 9.36 Å². The van der Waals surface area contributed by atoms with E-state index in [1.165, 1.54) is 17.0 Å². The summed E-state index contributed by atoms with van der Waals surface area (Å²) >= 11 is 0. The van der Waals surface area contributed by atoms with Gasteiger partial charge in [0.25, 0.3) is 5.56 Å². The lowest BCUT2D eigenvalue weighted by Gasteiger charge is -2.18. The minimum Gasteiger partial charge on any atom is -0.302 e. The quantitative estimate of drug-likeness (QED) is 0.766. The Morgan fingerprint density at radius 3 is 3.04 bits per heavy atom. The molecule has 1 aliphatic carbocycles. The number of rotatable bonds is 3. The number of hydrogen-bond acceptors (Lipinski definition) is 5. The van der Waals surface area contributed by atoms with Gasteiger partial charge in [-0.2, -0.15) is 5.10 Å². The number of nitrogens with one attached hydrogen (secondary N) is 1.